The number of carbonyl (C=O) groups excluding carboxylic acids is 4. The van der Waals surface area contributed by atoms with E-state index in [-0.39, 0.29) is 25.5 Å². The average molecular weight is 465 g/mol. The van der Waals surface area contributed by atoms with Crippen LogP contribution in [0.4, 0.5) is 4.79 Å². The van der Waals surface area contributed by atoms with Crippen molar-refractivity contribution in [1.82, 2.24) is 16.0 Å². The standard InChI is InChI=1S/C21H32N6O6/c1-13(26-21(31)33-12-15-8-5-4-6-9-15)17(28)27-16(10-7-11-24-20(22)23)18(29)25-14(2)19(30)32-3/h4-6,8-9,13-14,16H,7,10-12H2,1-3H3,(H,25,29)(H,26,31)(H,27,28)(H4,22,23,24)/t13-,14-,16-/m1/s1. The van der Waals surface area contributed by atoms with Gasteiger partial charge in [-0.05, 0) is 32.3 Å². The summed E-state index contributed by atoms with van der Waals surface area (Å²) in [6, 6.07) is 6.16. The van der Waals surface area contributed by atoms with Crippen molar-refractivity contribution in [1.29, 1.82) is 0 Å². The Morgan fingerprint density at radius 2 is 1.64 bits per heavy atom. The zero-order valence-electron chi connectivity index (χ0n) is 19.0. The summed E-state index contributed by atoms with van der Waals surface area (Å²) >= 11 is 0. The molecule has 0 saturated carbocycles. The molecule has 1 aromatic rings. The first-order chi connectivity index (χ1) is 15.6. The van der Waals surface area contributed by atoms with Gasteiger partial charge in [-0.25, -0.2) is 9.59 Å². The van der Waals surface area contributed by atoms with Crippen molar-refractivity contribution in [2.75, 3.05) is 13.7 Å². The molecule has 0 heterocycles. The number of guanidine groups is 1. The number of nitrogens with two attached hydrogens (primary N) is 2. The summed E-state index contributed by atoms with van der Waals surface area (Å²) in [5.41, 5.74) is 11.4. The van der Waals surface area contributed by atoms with E-state index in [0.29, 0.717) is 6.42 Å². The highest BCUT2D eigenvalue weighted by Gasteiger charge is 2.27. The highest BCUT2D eigenvalue weighted by Crippen LogP contribution is 2.03. The maximum atomic E-state index is 12.6. The molecule has 0 bridgehead atoms. The van der Waals surface area contributed by atoms with E-state index >= 15 is 0 Å². The number of hydrogen-bond donors (Lipinski definition) is 5. The number of carbonyl (C=O) groups is 4. The van der Waals surface area contributed by atoms with Crippen LogP contribution in [0.1, 0.15) is 32.3 Å². The summed E-state index contributed by atoms with van der Waals surface area (Å²) in [7, 11) is 1.20. The fourth-order valence-electron chi connectivity index (χ4n) is 2.63. The molecule has 0 aliphatic rings. The molecule has 1 rings (SSSR count). The van der Waals surface area contributed by atoms with Gasteiger partial charge in [0, 0.05) is 6.54 Å². The summed E-state index contributed by atoms with van der Waals surface area (Å²) in [6.45, 7) is 3.19. The first kappa shape index (κ1) is 27.2. The minimum Gasteiger partial charge on any atom is -0.467 e. The molecular weight excluding hydrogens is 432 g/mol. The summed E-state index contributed by atoms with van der Waals surface area (Å²) in [6.07, 6.45) is -0.216. The summed E-state index contributed by atoms with van der Waals surface area (Å²) in [4.78, 5) is 52.6. The van der Waals surface area contributed by atoms with E-state index in [4.69, 9.17) is 16.2 Å². The molecular formula is C21H32N6O6. The van der Waals surface area contributed by atoms with Crippen LogP contribution < -0.4 is 27.4 Å². The van der Waals surface area contributed by atoms with Gasteiger partial charge in [0.2, 0.25) is 11.8 Å². The van der Waals surface area contributed by atoms with Crippen molar-refractivity contribution in [2.24, 2.45) is 16.5 Å². The Morgan fingerprint density at radius 3 is 2.24 bits per heavy atom. The van der Waals surface area contributed by atoms with Crippen LogP contribution in [0.25, 0.3) is 0 Å². The second-order valence-corrected chi connectivity index (χ2v) is 7.19. The number of benzene rings is 1. The van der Waals surface area contributed by atoms with Crippen molar-refractivity contribution < 1.29 is 28.7 Å². The van der Waals surface area contributed by atoms with Gasteiger partial charge in [-0.2, -0.15) is 0 Å². The number of aliphatic imine (C=N–C) groups is 1. The maximum absolute atomic E-state index is 12.6. The molecule has 12 nitrogen and oxygen atoms in total. The highest BCUT2D eigenvalue weighted by atomic mass is 16.5. The van der Waals surface area contributed by atoms with Gasteiger partial charge < -0.3 is 36.9 Å². The number of esters is 1. The second kappa shape index (κ2) is 14.3. The van der Waals surface area contributed by atoms with E-state index in [9.17, 15) is 19.2 Å². The van der Waals surface area contributed by atoms with E-state index in [2.05, 4.69) is 25.7 Å². The number of rotatable bonds is 12. The lowest BCUT2D eigenvalue weighted by Crippen LogP contribution is -2.54. The van der Waals surface area contributed by atoms with Crippen LogP contribution in [0, 0.1) is 0 Å². The third-order valence-electron chi connectivity index (χ3n) is 4.43. The fraction of sp³-hybridized carbons (Fsp3) is 0.476. The van der Waals surface area contributed by atoms with Crippen LogP contribution in [0.5, 0.6) is 0 Å². The summed E-state index contributed by atoms with van der Waals surface area (Å²) < 4.78 is 9.68. The largest absolute Gasteiger partial charge is 0.467 e. The quantitative estimate of drug-likeness (QED) is 0.119. The van der Waals surface area contributed by atoms with E-state index in [1.54, 1.807) is 12.1 Å². The SMILES string of the molecule is COC(=O)[C@@H](C)NC(=O)[C@@H](CCCN=C(N)N)NC(=O)[C@@H](C)NC(=O)OCc1ccccc1. The Balaban J connectivity index is 2.66. The third-order valence-corrected chi connectivity index (χ3v) is 4.43. The first-order valence-corrected chi connectivity index (χ1v) is 10.3. The molecule has 33 heavy (non-hydrogen) atoms. The van der Waals surface area contributed by atoms with Crippen LogP contribution >= 0.6 is 0 Å². The van der Waals surface area contributed by atoms with Gasteiger partial charge in [0.1, 0.15) is 24.7 Å². The molecule has 1 aromatic carbocycles. The van der Waals surface area contributed by atoms with Crippen molar-refractivity contribution in [2.45, 2.75) is 51.4 Å². The lowest BCUT2D eigenvalue weighted by Gasteiger charge is -2.22. The molecule has 3 amide bonds. The predicted octanol–water partition coefficient (Wildman–Crippen LogP) is -0.483. The molecule has 0 unspecified atom stereocenters. The number of alkyl carbamates (subject to hydrolysis) is 1. The molecule has 3 atom stereocenters. The molecule has 12 heteroatoms. The second-order valence-electron chi connectivity index (χ2n) is 7.19. The van der Waals surface area contributed by atoms with E-state index in [1.165, 1.54) is 21.0 Å². The number of amides is 3. The van der Waals surface area contributed by atoms with Crippen LogP contribution in [0.3, 0.4) is 0 Å². The van der Waals surface area contributed by atoms with Crippen LogP contribution in [0.15, 0.2) is 35.3 Å². The van der Waals surface area contributed by atoms with Crippen LogP contribution in [0.2, 0.25) is 0 Å². The van der Waals surface area contributed by atoms with Gasteiger partial charge in [-0.3, -0.25) is 14.6 Å². The normalized spacial score (nSPS) is 12.9. The Kier molecular flexibility index (Phi) is 11.8. The van der Waals surface area contributed by atoms with Gasteiger partial charge in [0.15, 0.2) is 5.96 Å². The minimum atomic E-state index is -0.997. The third kappa shape index (κ3) is 10.8. The monoisotopic (exact) mass is 464 g/mol. The number of nitrogens with zero attached hydrogens (tertiary/aromatic N) is 1. The average Bonchev–Trinajstić information content (AvgIpc) is 2.79. The molecule has 0 aliphatic carbocycles. The summed E-state index contributed by atoms with van der Waals surface area (Å²) in [5.74, 6) is -1.93. The van der Waals surface area contributed by atoms with Gasteiger partial charge in [-0.15, -0.1) is 0 Å². The Hall–Kier alpha value is -3.83. The fourth-order valence-corrected chi connectivity index (χ4v) is 2.63. The zero-order chi connectivity index (χ0) is 24.8. The minimum absolute atomic E-state index is 0.0439. The molecule has 0 fully saturated rings. The maximum Gasteiger partial charge on any atom is 0.408 e. The van der Waals surface area contributed by atoms with Crippen molar-refractivity contribution in [3.63, 3.8) is 0 Å². The van der Waals surface area contributed by atoms with Crippen molar-refractivity contribution in [3.05, 3.63) is 35.9 Å². The number of ether oxygens (including phenoxy) is 2. The van der Waals surface area contributed by atoms with Crippen molar-refractivity contribution in [3.8, 4) is 0 Å². The first-order valence-electron chi connectivity index (χ1n) is 10.3. The topological polar surface area (TPSA) is 187 Å². The molecule has 182 valence electrons. The lowest BCUT2D eigenvalue weighted by atomic mass is 10.1. The van der Waals surface area contributed by atoms with Crippen LogP contribution in [-0.4, -0.2) is 61.6 Å². The van der Waals surface area contributed by atoms with E-state index in [0.717, 1.165) is 5.56 Å². The Morgan fingerprint density at radius 1 is 0.970 bits per heavy atom. The smallest absolute Gasteiger partial charge is 0.408 e. The summed E-state index contributed by atoms with van der Waals surface area (Å²) in [5, 5.41) is 7.45. The van der Waals surface area contributed by atoms with E-state index in [1.807, 2.05) is 18.2 Å². The van der Waals surface area contributed by atoms with Crippen molar-refractivity contribution >= 4 is 29.8 Å². The molecule has 0 spiro atoms. The molecule has 0 aliphatic heterocycles. The molecule has 0 saturated heterocycles. The molecule has 0 radical (unpaired) electrons. The van der Waals surface area contributed by atoms with Gasteiger partial charge >= 0.3 is 12.1 Å². The molecule has 0 aromatic heterocycles. The van der Waals surface area contributed by atoms with Crippen LogP contribution in [-0.2, 0) is 30.5 Å². The highest BCUT2D eigenvalue weighted by molar-refractivity contribution is 5.92. The van der Waals surface area contributed by atoms with Gasteiger partial charge in [0.05, 0.1) is 7.11 Å². The number of hydrogen-bond acceptors (Lipinski definition) is 7. The lowest BCUT2D eigenvalue weighted by molar-refractivity contribution is -0.144. The van der Waals surface area contributed by atoms with E-state index < -0.39 is 42.0 Å². The Labute approximate surface area is 192 Å². The van der Waals surface area contributed by atoms with Gasteiger partial charge in [0.25, 0.3) is 0 Å². The predicted molar refractivity (Wildman–Crippen MR) is 121 cm³/mol. The molecule has 7 N–H and O–H groups in total. The van der Waals surface area contributed by atoms with Gasteiger partial charge in [-0.1, -0.05) is 30.3 Å². The number of nitrogens with one attached hydrogen (secondary N) is 3. The Bertz CT molecular complexity index is 828. The number of methoxy groups -OCH3 is 1. The zero-order valence-corrected chi connectivity index (χ0v) is 19.0.